The molecule has 0 bridgehead atoms. The van der Waals surface area contributed by atoms with Gasteiger partial charge in [0, 0.05) is 36.6 Å². The minimum Gasteiger partial charge on any atom is -0.494 e. The van der Waals surface area contributed by atoms with E-state index in [9.17, 15) is 8.42 Å². The number of benzene rings is 1. The molecule has 19 heavy (non-hydrogen) atoms. The molecular formula is C12H21N3O3S. The normalized spacial score (nSPS) is 11.3. The molecule has 0 fully saturated rings. The quantitative estimate of drug-likeness (QED) is 0.490. The minimum absolute atomic E-state index is 0.409. The van der Waals surface area contributed by atoms with Gasteiger partial charge in [0.1, 0.15) is 5.75 Å². The van der Waals surface area contributed by atoms with Crippen molar-refractivity contribution in [2.45, 2.75) is 13.3 Å². The molecule has 1 aromatic carbocycles. The number of hydrogen-bond acceptors (Lipinski definition) is 5. The van der Waals surface area contributed by atoms with Crippen molar-refractivity contribution in [3.05, 3.63) is 18.2 Å². The van der Waals surface area contributed by atoms with Gasteiger partial charge in [0.05, 0.1) is 12.9 Å². The highest BCUT2D eigenvalue weighted by Gasteiger charge is 2.01. The zero-order valence-corrected chi connectivity index (χ0v) is 12.1. The Kier molecular flexibility index (Phi) is 5.91. The molecule has 0 aliphatic heterocycles. The summed E-state index contributed by atoms with van der Waals surface area (Å²) in [5, 5.41) is 3.18. The Hall–Kier alpha value is -1.47. The van der Waals surface area contributed by atoms with Gasteiger partial charge in [-0.15, -0.1) is 0 Å². The van der Waals surface area contributed by atoms with E-state index in [0.29, 0.717) is 31.8 Å². The Balaban J connectivity index is 2.40. The van der Waals surface area contributed by atoms with Crippen molar-refractivity contribution in [2.24, 2.45) is 0 Å². The summed E-state index contributed by atoms with van der Waals surface area (Å²) in [5.41, 5.74) is 7.26. The second-order valence-corrected chi connectivity index (χ2v) is 6.00. The number of hydrogen-bond donors (Lipinski definition) is 3. The summed E-state index contributed by atoms with van der Waals surface area (Å²) in [6, 6.07) is 5.44. The van der Waals surface area contributed by atoms with Crippen LogP contribution in [-0.2, 0) is 10.0 Å². The van der Waals surface area contributed by atoms with Gasteiger partial charge in [-0.3, -0.25) is 0 Å². The van der Waals surface area contributed by atoms with Gasteiger partial charge < -0.3 is 15.8 Å². The van der Waals surface area contributed by atoms with Crippen molar-refractivity contribution < 1.29 is 13.2 Å². The van der Waals surface area contributed by atoms with E-state index in [0.717, 1.165) is 17.7 Å². The molecule has 4 N–H and O–H groups in total. The largest absolute Gasteiger partial charge is 0.494 e. The predicted molar refractivity (Wildman–Crippen MR) is 78.0 cm³/mol. The standard InChI is InChI=1S/C12H21N3O3S/c1-3-18-12-8-10(13)7-11(9-12)14-5-4-6-15-19(2,16)17/h7-9,14-15H,3-6,13H2,1-2H3. The first-order valence-electron chi connectivity index (χ1n) is 6.12. The smallest absolute Gasteiger partial charge is 0.208 e. The summed E-state index contributed by atoms with van der Waals surface area (Å²) in [4.78, 5) is 0. The lowest BCUT2D eigenvalue weighted by Crippen LogP contribution is -2.24. The average molecular weight is 287 g/mol. The number of nitrogens with two attached hydrogens (primary N) is 1. The van der Waals surface area contributed by atoms with Crippen molar-refractivity contribution in [1.82, 2.24) is 4.72 Å². The molecule has 0 aromatic heterocycles. The Morgan fingerprint density at radius 2 is 2.00 bits per heavy atom. The molecule has 0 heterocycles. The molecule has 6 nitrogen and oxygen atoms in total. The topological polar surface area (TPSA) is 93.4 Å². The summed E-state index contributed by atoms with van der Waals surface area (Å²) >= 11 is 0. The van der Waals surface area contributed by atoms with Gasteiger partial charge in [-0.25, -0.2) is 13.1 Å². The first-order chi connectivity index (χ1) is 8.90. The van der Waals surface area contributed by atoms with Crippen LogP contribution in [0, 0.1) is 0 Å². The highest BCUT2D eigenvalue weighted by Crippen LogP contribution is 2.22. The van der Waals surface area contributed by atoms with Crippen molar-refractivity contribution >= 4 is 21.4 Å². The zero-order chi connectivity index (χ0) is 14.3. The summed E-state index contributed by atoms with van der Waals surface area (Å²) in [7, 11) is -3.11. The van der Waals surface area contributed by atoms with Gasteiger partial charge in [0.15, 0.2) is 0 Å². The number of nitrogens with one attached hydrogen (secondary N) is 2. The molecule has 1 aromatic rings. The molecule has 0 unspecified atom stereocenters. The van der Waals surface area contributed by atoms with E-state index in [1.54, 1.807) is 6.07 Å². The number of nitrogen functional groups attached to an aromatic ring is 1. The number of anilines is 2. The van der Waals surface area contributed by atoms with E-state index in [1.165, 1.54) is 0 Å². The van der Waals surface area contributed by atoms with E-state index < -0.39 is 10.0 Å². The maximum Gasteiger partial charge on any atom is 0.208 e. The number of ether oxygens (including phenoxy) is 1. The van der Waals surface area contributed by atoms with E-state index in [2.05, 4.69) is 10.0 Å². The van der Waals surface area contributed by atoms with Crippen LogP contribution in [0.25, 0.3) is 0 Å². The van der Waals surface area contributed by atoms with Crippen LogP contribution in [0.4, 0.5) is 11.4 Å². The minimum atomic E-state index is -3.11. The van der Waals surface area contributed by atoms with Crippen molar-refractivity contribution in [1.29, 1.82) is 0 Å². The van der Waals surface area contributed by atoms with Crippen LogP contribution in [0.5, 0.6) is 5.75 Å². The Morgan fingerprint density at radius 3 is 2.63 bits per heavy atom. The zero-order valence-electron chi connectivity index (χ0n) is 11.3. The summed E-state index contributed by atoms with van der Waals surface area (Å²) in [5.74, 6) is 0.722. The molecule has 0 spiro atoms. The maximum absolute atomic E-state index is 10.9. The molecule has 0 amide bonds. The van der Waals surface area contributed by atoms with Crippen molar-refractivity contribution in [2.75, 3.05) is 37.0 Å². The van der Waals surface area contributed by atoms with Crippen LogP contribution in [-0.4, -0.2) is 34.4 Å². The molecule has 0 aliphatic rings. The fraction of sp³-hybridized carbons (Fsp3) is 0.500. The van der Waals surface area contributed by atoms with Gasteiger partial charge in [-0.05, 0) is 19.4 Å². The molecule has 0 aliphatic carbocycles. The Morgan fingerprint density at radius 1 is 1.26 bits per heavy atom. The van der Waals surface area contributed by atoms with E-state index in [-0.39, 0.29) is 0 Å². The molecule has 7 heteroatoms. The first kappa shape index (κ1) is 15.6. The molecular weight excluding hydrogens is 266 g/mol. The van der Waals surface area contributed by atoms with Crippen LogP contribution in [0.2, 0.25) is 0 Å². The lowest BCUT2D eigenvalue weighted by atomic mass is 10.2. The first-order valence-corrected chi connectivity index (χ1v) is 8.01. The van der Waals surface area contributed by atoms with Gasteiger partial charge in [-0.2, -0.15) is 0 Å². The summed E-state index contributed by atoms with van der Waals surface area (Å²) < 4.78 is 29.5. The lowest BCUT2D eigenvalue weighted by molar-refractivity contribution is 0.340. The van der Waals surface area contributed by atoms with Gasteiger partial charge in [0.25, 0.3) is 0 Å². The second-order valence-electron chi connectivity index (χ2n) is 4.17. The van der Waals surface area contributed by atoms with Crippen molar-refractivity contribution in [3.63, 3.8) is 0 Å². The molecule has 108 valence electrons. The van der Waals surface area contributed by atoms with Crippen LogP contribution >= 0.6 is 0 Å². The van der Waals surface area contributed by atoms with E-state index in [4.69, 9.17) is 10.5 Å². The van der Waals surface area contributed by atoms with Gasteiger partial charge >= 0.3 is 0 Å². The molecule has 0 saturated carbocycles. The second kappa shape index (κ2) is 7.20. The average Bonchev–Trinajstić information content (AvgIpc) is 2.26. The maximum atomic E-state index is 10.9. The fourth-order valence-corrected chi connectivity index (χ4v) is 2.07. The molecule has 0 radical (unpaired) electrons. The third kappa shape index (κ3) is 6.88. The van der Waals surface area contributed by atoms with Crippen LogP contribution < -0.4 is 20.5 Å². The molecule has 0 atom stereocenters. The van der Waals surface area contributed by atoms with Crippen LogP contribution in [0.3, 0.4) is 0 Å². The Labute approximate surface area is 114 Å². The third-order valence-electron chi connectivity index (χ3n) is 2.29. The highest BCUT2D eigenvalue weighted by molar-refractivity contribution is 7.88. The van der Waals surface area contributed by atoms with E-state index in [1.807, 2.05) is 19.1 Å². The van der Waals surface area contributed by atoms with Crippen LogP contribution in [0.15, 0.2) is 18.2 Å². The number of sulfonamides is 1. The number of rotatable bonds is 8. The van der Waals surface area contributed by atoms with Gasteiger partial charge in [-0.1, -0.05) is 0 Å². The third-order valence-corrected chi connectivity index (χ3v) is 3.02. The predicted octanol–water partition coefficient (Wildman–Crippen LogP) is 1.02. The lowest BCUT2D eigenvalue weighted by Gasteiger charge is -2.10. The Bertz CT molecular complexity index is 503. The van der Waals surface area contributed by atoms with E-state index >= 15 is 0 Å². The molecule has 0 saturated heterocycles. The summed E-state index contributed by atoms with van der Waals surface area (Å²) in [6.07, 6.45) is 1.83. The SMILES string of the molecule is CCOc1cc(N)cc(NCCCNS(C)(=O)=O)c1. The monoisotopic (exact) mass is 287 g/mol. The van der Waals surface area contributed by atoms with Gasteiger partial charge in [0.2, 0.25) is 10.0 Å². The fourth-order valence-electron chi connectivity index (χ4n) is 1.55. The van der Waals surface area contributed by atoms with Crippen LogP contribution in [0.1, 0.15) is 13.3 Å². The summed E-state index contributed by atoms with van der Waals surface area (Å²) in [6.45, 7) is 3.55. The molecule has 1 rings (SSSR count). The van der Waals surface area contributed by atoms with Crippen molar-refractivity contribution in [3.8, 4) is 5.75 Å². The highest BCUT2D eigenvalue weighted by atomic mass is 32.2.